The summed E-state index contributed by atoms with van der Waals surface area (Å²) in [6.07, 6.45) is 0.946. The molecule has 5 nitrogen and oxygen atoms in total. The Kier molecular flexibility index (Phi) is 5.12. The fraction of sp³-hybridized carbons (Fsp3) is 0.182. The Labute approximate surface area is 168 Å². The van der Waals surface area contributed by atoms with Crippen molar-refractivity contribution in [2.75, 3.05) is 14.2 Å². The number of aliphatic imine (C=N–C) groups is 1. The summed E-state index contributed by atoms with van der Waals surface area (Å²) in [6, 6.07) is 16.2. The van der Waals surface area contributed by atoms with Gasteiger partial charge in [-0.3, -0.25) is 5.43 Å². The molecule has 0 radical (unpaired) electrons. The van der Waals surface area contributed by atoms with Crippen molar-refractivity contribution in [2.45, 2.75) is 13.3 Å². The van der Waals surface area contributed by atoms with Gasteiger partial charge in [0.25, 0.3) is 0 Å². The molecule has 0 bridgehead atoms. The molecule has 3 aromatic rings. The minimum atomic E-state index is 0.666. The number of thiophene rings is 1. The van der Waals surface area contributed by atoms with Crippen LogP contribution in [0.3, 0.4) is 0 Å². The number of fused-ring (bicyclic) bond motifs is 1. The Hall–Kier alpha value is -3.12. The minimum Gasteiger partial charge on any atom is -0.493 e. The minimum absolute atomic E-state index is 0.666. The van der Waals surface area contributed by atoms with E-state index in [9.17, 15) is 0 Å². The number of methoxy groups -OCH3 is 2. The first-order valence-electron chi connectivity index (χ1n) is 9.05. The van der Waals surface area contributed by atoms with Crippen molar-refractivity contribution in [3.63, 3.8) is 0 Å². The van der Waals surface area contributed by atoms with Gasteiger partial charge in [0.2, 0.25) is 0 Å². The molecule has 142 valence electrons. The van der Waals surface area contributed by atoms with E-state index >= 15 is 0 Å². The normalized spacial score (nSPS) is 13.0. The third-order valence-corrected chi connectivity index (χ3v) is 5.52. The molecule has 0 saturated heterocycles. The zero-order chi connectivity index (χ0) is 19.5. The first-order valence-corrected chi connectivity index (χ1v) is 9.93. The highest BCUT2D eigenvalue weighted by Gasteiger charge is 2.19. The van der Waals surface area contributed by atoms with E-state index in [0.717, 1.165) is 39.7 Å². The van der Waals surface area contributed by atoms with E-state index in [4.69, 9.17) is 19.6 Å². The lowest BCUT2D eigenvalue weighted by atomic mass is 9.97. The van der Waals surface area contributed by atoms with Crippen LogP contribution in [0.2, 0.25) is 0 Å². The van der Waals surface area contributed by atoms with Crippen LogP contribution in [0.5, 0.6) is 11.5 Å². The highest BCUT2D eigenvalue weighted by Crippen LogP contribution is 2.32. The van der Waals surface area contributed by atoms with Crippen LogP contribution in [0.15, 0.2) is 64.0 Å². The summed E-state index contributed by atoms with van der Waals surface area (Å²) in [5, 5.41) is 6.76. The summed E-state index contributed by atoms with van der Waals surface area (Å²) in [5.41, 5.74) is 8.03. The number of ether oxygens (including phenoxy) is 2. The zero-order valence-electron chi connectivity index (χ0n) is 16.0. The summed E-state index contributed by atoms with van der Waals surface area (Å²) in [6.45, 7) is 2.14. The predicted octanol–water partition coefficient (Wildman–Crippen LogP) is 4.76. The van der Waals surface area contributed by atoms with Crippen LogP contribution in [-0.4, -0.2) is 25.8 Å². The molecule has 0 saturated carbocycles. The molecule has 0 aliphatic carbocycles. The van der Waals surface area contributed by atoms with Gasteiger partial charge in [0.15, 0.2) is 17.3 Å². The maximum atomic E-state index is 5.48. The lowest BCUT2D eigenvalue weighted by Gasteiger charge is -2.12. The number of nitrogens with one attached hydrogen (secondary N) is 1. The standard InChI is InChI=1S/C22H21N3O2S/c1-4-14-7-9-17-16(12-14)21(15-8-10-18(26-2)19(13-15)27-3)24-25-22(23-17)20-6-5-11-28-20/h5-13H,4H2,1-3H3,(H,23,25). The van der Waals surface area contributed by atoms with Gasteiger partial charge < -0.3 is 9.47 Å². The second-order valence-corrected chi connectivity index (χ2v) is 7.23. The van der Waals surface area contributed by atoms with E-state index in [1.54, 1.807) is 25.6 Å². The molecule has 1 N–H and O–H groups in total. The Bertz CT molecular complexity index is 1060. The lowest BCUT2D eigenvalue weighted by molar-refractivity contribution is 0.355. The number of hydrazone groups is 1. The Balaban J connectivity index is 1.87. The summed E-state index contributed by atoms with van der Waals surface area (Å²) in [4.78, 5) is 5.90. The number of benzene rings is 2. The molecule has 1 aliphatic heterocycles. The van der Waals surface area contributed by atoms with E-state index in [2.05, 4.69) is 30.5 Å². The van der Waals surface area contributed by atoms with Crippen molar-refractivity contribution in [2.24, 2.45) is 10.1 Å². The fourth-order valence-electron chi connectivity index (χ4n) is 3.13. The number of aryl methyl sites for hydroxylation is 1. The van der Waals surface area contributed by atoms with Crippen LogP contribution in [0.25, 0.3) is 0 Å². The summed E-state index contributed by atoms with van der Waals surface area (Å²) in [5.74, 6) is 2.10. The predicted molar refractivity (Wildman–Crippen MR) is 115 cm³/mol. The molecule has 2 heterocycles. The van der Waals surface area contributed by atoms with Crippen molar-refractivity contribution in [1.29, 1.82) is 0 Å². The second-order valence-electron chi connectivity index (χ2n) is 6.28. The van der Waals surface area contributed by atoms with Gasteiger partial charge in [-0.25, -0.2) is 4.99 Å². The molecule has 28 heavy (non-hydrogen) atoms. The monoisotopic (exact) mass is 391 g/mol. The largest absolute Gasteiger partial charge is 0.493 e. The third-order valence-electron chi connectivity index (χ3n) is 4.64. The molecule has 4 rings (SSSR count). The van der Waals surface area contributed by atoms with Crippen molar-refractivity contribution < 1.29 is 9.47 Å². The Morgan fingerprint density at radius 2 is 1.86 bits per heavy atom. The lowest BCUT2D eigenvalue weighted by Crippen LogP contribution is -2.18. The number of hydrogen-bond donors (Lipinski definition) is 1. The fourth-order valence-corrected chi connectivity index (χ4v) is 3.80. The molecule has 2 aromatic carbocycles. The van der Waals surface area contributed by atoms with E-state index in [1.807, 2.05) is 35.7 Å². The summed E-state index contributed by atoms with van der Waals surface area (Å²) >= 11 is 1.63. The molecule has 6 heteroatoms. The highest BCUT2D eigenvalue weighted by atomic mass is 32.1. The van der Waals surface area contributed by atoms with E-state index in [1.165, 1.54) is 5.56 Å². The molecular formula is C22H21N3O2S. The second kappa shape index (κ2) is 7.86. The van der Waals surface area contributed by atoms with Gasteiger partial charge in [-0.2, -0.15) is 5.10 Å². The zero-order valence-corrected chi connectivity index (χ0v) is 16.8. The number of hydrogen-bond acceptors (Lipinski definition) is 6. The summed E-state index contributed by atoms with van der Waals surface area (Å²) < 4.78 is 10.9. The van der Waals surface area contributed by atoms with Crippen molar-refractivity contribution >= 4 is 28.6 Å². The van der Waals surface area contributed by atoms with Gasteiger partial charge in [-0.15, -0.1) is 11.3 Å². The molecular weight excluding hydrogens is 370 g/mol. The molecule has 0 spiro atoms. The van der Waals surface area contributed by atoms with Crippen LogP contribution < -0.4 is 14.9 Å². The number of amidine groups is 1. The maximum Gasteiger partial charge on any atom is 0.164 e. The van der Waals surface area contributed by atoms with Gasteiger partial charge >= 0.3 is 0 Å². The molecule has 0 atom stereocenters. The first kappa shape index (κ1) is 18.3. The van der Waals surface area contributed by atoms with Crippen LogP contribution in [0.1, 0.15) is 28.5 Å². The third kappa shape index (κ3) is 3.39. The number of nitrogens with zero attached hydrogens (tertiary/aromatic N) is 2. The van der Waals surface area contributed by atoms with Gasteiger partial charge in [0.1, 0.15) is 5.71 Å². The van der Waals surface area contributed by atoms with Crippen LogP contribution in [-0.2, 0) is 6.42 Å². The smallest absolute Gasteiger partial charge is 0.164 e. The van der Waals surface area contributed by atoms with Crippen LogP contribution in [0.4, 0.5) is 5.69 Å². The molecule has 0 unspecified atom stereocenters. The van der Waals surface area contributed by atoms with E-state index < -0.39 is 0 Å². The van der Waals surface area contributed by atoms with Gasteiger partial charge in [0, 0.05) is 11.1 Å². The Morgan fingerprint density at radius 3 is 2.57 bits per heavy atom. The molecule has 0 fully saturated rings. The SMILES string of the molecule is CCc1ccc2c(c1)C(c1ccc(OC)c(OC)c1)=NNC(c1cccs1)=N2. The Morgan fingerprint density at radius 1 is 1.00 bits per heavy atom. The van der Waals surface area contributed by atoms with Gasteiger partial charge in [-0.05, 0) is 53.8 Å². The van der Waals surface area contributed by atoms with E-state index in [-0.39, 0.29) is 0 Å². The molecule has 1 aliphatic rings. The van der Waals surface area contributed by atoms with Crippen molar-refractivity contribution in [3.8, 4) is 11.5 Å². The van der Waals surface area contributed by atoms with Crippen LogP contribution >= 0.6 is 11.3 Å². The summed E-state index contributed by atoms with van der Waals surface area (Å²) in [7, 11) is 3.27. The quantitative estimate of drug-likeness (QED) is 0.682. The van der Waals surface area contributed by atoms with E-state index in [0.29, 0.717) is 11.5 Å². The molecule has 1 aromatic heterocycles. The highest BCUT2D eigenvalue weighted by molar-refractivity contribution is 7.12. The molecule has 0 amide bonds. The van der Waals surface area contributed by atoms with Crippen molar-refractivity contribution in [1.82, 2.24) is 5.43 Å². The van der Waals surface area contributed by atoms with Gasteiger partial charge in [0.05, 0.1) is 24.8 Å². The first-order chi connectivity index (χ1) is 13.7. The average molecular weight is 391 g/mol. The van der Waals surface area contributed by atoms with Gasteiger partial charge in [-0.1, -0.05) is 19.1 Å². The van der Waals surface area contributed by atoms with Crippen molar-refractivity contribution in [3.05, 3.63) is 75.5 Å². The number of rotatable bonds is 5. The maximum absolute atomic E-state index is 5.48. The topological polar surface area (TPSA) is 55.2 Å². The average Bonchev–Trinajstić information content (AvgIpc) is 3.21. The van der Waals surface area contributed by atoms with Crippen LogP contribution in [0, 0.1) is 0 Å².